The van der Waals surface area contributed by atoms with Crippen molar-refractivity contribution in [1.82, 2.24) is 14.8 Å². The third kappa shape index (κ3) is 5.07. The van der Waals surface area contributed by atoms with E-state index in [0.29, 0.717) is 10.7 Å². The second-order valence-electron chi connectivity index (χ2n) is 6.36. The predicted octanol–water partition coefficient (Wildman–Crippen LogP) is 4.77. The lowest BCUT2D eigenvalue weighted by molar-refractivity contribution is -0.137. The lowest BCUT2D eigenvalue weighted by atomic mass is 10.1. The normalized spacial score (nSPS) is 11.3. The number of hydrogen-bond donors (Lipinski definition) is 2. The molecule has 5 nitrogen and oxygen atoms in total. The average molecular weight is 405 g/mol. The molecule has 1 aromatic heterocycles. The van der Waals surface area contributed by atoms with Crippen molar-refractivity contribution >= 4 is 29.0 Å². The van der Waals surface area contributed by atoms with Crippen LogP contribution in [0.5, 0.6) is 0 Å². The average Bonchev–Trinajstić information content (AvgIpc) is 3.03. The van der Waals surface area contributed by atoms with Gasteiger partial charge in [0.15, 0.2) is 5.11 Å². The Balaban J connectivity index is 1.63. The van der Waals surface area contributed by atoms with E-state index < -0.39 is 11.7 Å². The molecule has 28 heavy (non-hydrogen) atoms. The smallest absolute Gasteiger partial charge is 0.332 e. The van der Waals surface area contributed by atoms with Gasteiger partial charge in [0.2, 0.25) is 5.95 Å². The summed E-state index contributed by atoms with van der Waals surface area (Å²) in [6, 6.07) is 11.1. The van der Waals surface area contributed by atoms with Crippen LogP contribution in [0.1, 0.15) is 22.3 Å². The number of anilines is 2. The molecule has 0 atom stereocenters. The Morgan fingerprint density at radius 2 is 1.89 bits per heavy atom. The van der Waals surface area contributed by atoms with Crippen molar-refractivity contribution in [2.75, 3.05) is 10.6 Å². The van der Waals surface area contributed by atoms with E-state index in [-0.39, 0.29) is 12.5 Å². The quantitative estimate of drug-likeness (QED) is 0.613. The highest BCUT2D eigenvalue weighted by molar-refractivity contribution is 7.80. The summed E-state index contributed by atoms with van der Waals surface area (Å²) >= 11 is 5.27. The molecular weight excluding hydrogens is 387 g/mol. The number of nitrogens with zero attached hydrogens (tertiary/aromatic N) is 3. The molecule has 0 aliphatic heterocycles. The predicted molar refractivity (Wildman–Crippen MR) is 106 cm³/mol. The molecule has 0 saturated heterocycles. The van der Waals surface area contributed by atoms with Crippen LogP contribution in [-0.4, -0.2) is 19.9 Å². The van der Waals surface area contributed by atoms with Gasteiger partial charge < -0.3 is 5.32 Å². The fraction of sp³-hybridized carbons (Fsp3) is 0.211. The van der Waals surface area contributed by atoms with E-state index in [1.165, 1.54) is 17.1 Å². The van der Waals surface area contributed by atoms with Gasteiger partial charge in [0, 0.05) is 5.69 Å². The third-order valence-corrected chi connectivity index (χ3v) is 4.19. The number of aromatic nitrogens is 3. The second kappa shape index (κ2) is 7.97. The van der Waals surface area contributed by atoms with Gasteiger partial charge in [-0.15, -0.1) is 5.10 Å². The molecular formula is C19H18F3N5S. The maximum atomic E-state index is 12.8. The molecule has 0 fully saturated rings. The van der Waals surface area contributed by atoms with E-state index >= 15 is 0 Å². The molecule has 0 radical (unpaired) electrons. The molecule has 0 spiro atoms. The SMILES string of the molecule is Cc1ccc(NC(=S)Nc2ncn(Cc3cccc(C(F)(F)F)c3)n2)c(C)c1. The van der Waals surface area contributed by atoms with Crippen LogP contribution in [0.2, 0.25) is 0 Å². The van der Waals surface area contributed by atoms with Crippen LogP contribution < -0.4 is 10.6 Å². The molecule has 0 amide bonds. The molecule has 2 N–H and O–H groups in total. The van der Waals surface area contributed by atoms with Gasteiger partial charge in [-0.3, -0.25) is 5.32 Å². The highest BCUT2D eigenvalue weighted by atomic mass is 32.1. The Morgan fingerprint density at radius 3 is 2.61 bits per heavy atom. The first kappa shape index (κ1) is 19.8. The zero-order valence-corrected chi connectivity index (χ0v) is 16.0. The van der Waals surface area contributed by atoms with Gasteiger partial charge in [0.05, 0.1) is 12.1 Å². The standard InChI is InChI=1S/C19H18F3N5S/c1-12-6-7-16(13(2)8-12)24-18(28)25-17-23-11-27(26-17)10-14-4-3-5-15(9-14)19(20,21)22/h3-9,11H,10H2,1-2H3,(H2,24,25,26,28). The number of benzene rings is 2. The van der Waals surface area contributed by atoms with Crippen molar-refractivity contribution in [3.8, 4) is 0 Å². The molecule has 2 aromatic carbocycles. The summed E-state index contributed by atoms with van der Waals surface area (Å²) in [4.78, 5) is 4.09. The fourth-order valence-corrected chi connectivity index (χ4v) is 2.87. The maximum Gasteiger partial charge on any atom is 0.416 e. The van der Waals surface area contributed by atoms with Crippen LogP contribution in [0, 0.1) is 13.8 Å². The van der Waals surface area contributed by atoms with Crippen molar-refractivity contribution in [1.29, 1.82) is 0 Å². The first-order valence-corrected chi connectivity index (χ1v) is 8.82. The Labute approximate surface area is 165 Å². The zero-order valence-electron chi connectivity index (χ0n) is 15.2. The molecule has 1 heterocycles. The van der Waals surface area contributed by atoms with Crippen molar-refractivity contribution < 1.29 is 13.2 Å². The van der Waals surface area contributed by atoms with Crippen molar-refractivity contribution in [3.05, 3.63) is 71.0 Å². The summed E-state index contributed by atoms with van der Waals surface area (Å²) in [5.74, 6) is 0.259. The summed E-state index contributed by atoms with van der Waals surface area (Å²) in [5.41, 5.74) is 2.85. The molecule has 0 aliphatic carbocycles. The van der Waals surface area contributed by atoms with Crippen LogP contribution in [0.15, 0.2) is 48.8 Å². The van der Waals surface area contributed by atoms with Crippen LogP contribution >= 0.6 is 12.2 Å². The highest BCUT2D eigenvalue weighted by Gasteiger charge is 2.30. The lowest BCUT2D eigenvalue weighted by Gasteiger charge is -2.11. The molecule has 3 aromatic rings. The van der Waals surface area contributed by atoms with Crippen LogP contribution in [0.25, 0.3) is 0 Å². The Kier molecular flexibility index (Phi) is 5.64. The number of halogens is 3. The van der Waals surface area contributed by atoms with Crippen LogP contribution in [-0.2, 0) is 12.7 Å². The number of hydrogen-bond acceptors (Lipinski definition) is 3. The number of aryl methyl sites for hydroxylation is 2. The maximum absolute atomic E-state index is 12.8. The number of thiocarbonyl (C=S) groups is 1. The van der Waals surface area contributed by atoms with Crippen LogP contribution in [0.4, 0.5) is 24.8 Å². The van der Waals surface area contributed by atoms with Gasteiger partial charge in [-0.25, -0.2) is 9.67 Å². The molecule has 9 heteroatoms. The second-order valence-corrected chi connectivity index (χ2v) is 6.77. The first-order valence-electron chi connectivity index (χ1n) is 8.41. The fourth-order valence-electron chi connectivity index (χ4n) is 2.67. The van der Waals surface area contributed by atoms with Gasteiger partial charge in [-0.2, -0.15) is 13.2 Å². The molecule has 0 aliphatic rings. The van der Waals surface area contributed by atoms with Gasteiger partial charge in [0.25, 0.3) is 0 Å². The van der Waals surface area contributed by atoms with Crippen molar-refractivity contribution in [3.63, 3.8) is 0 Å². The van der Waals surface area contributed by atoms with E-state index in [1.807, 2.05) is 32.0 Å². The molecule has 146 valence electrons. The number of alkyl halides is 3. The number of rotatable bonds is 4. The van der Waals surface area contributed by atoms with Crippen molar-refractivity contribution in [2.24, 2.45) is 0 Å². The molecule has 0 unspecified atom stereocenters. The van der Waals surface area contributed by atoms with Crippen LogP contribution in [0.3, 0.4) is 0 Å². The van der Waals surface area contributed by atoms with Gasteiger partial charge in [-0.1, -0.05) is 29.8 Å². The summed E-state index contributed by atoms with van der Waals surface area (Å²) in [7, 11) is 0. The summed E-state index contributed by atoms with van der Waals surface area (Å²) in [6.45, 7) is 4.14. The summed E-state index contributed by atoms with van der Waals surface area (Å²) in [6.07, 6.45) is -2.95. The Morgan fingerprint density at radius 1 is 1.11 bits per heavy atom. The largest absolute Gasteiger partial charge is 0.416 e. The minimum Gasteiger partial charge on any atom is -0.332 e. The number of nitrogens with one attached hydrogen (secondary N) is 2. The lowest BCUT2D eigenvalue weighted by Crippen LogP contribution is -2.20. The monoisotopic (exact) mass is 405 g/mol. The summed E-state index contributed by atoms with van der Waals surface area (Å²) in [5, 5.41) is 10.5. The molecule has 0 bridgehead atoms. The van der Waals surface area contributed by atoms with E-state index in [4.69, 9.17) is 12.2 Å². The van der Waals surface area contributed by atoms with E-state index in [1.54, 1.807) is 6.07 Å². The van der Waals surface area contributed by atoms with Gasteiger partial charge in [0.1, 0.15) is 6.33 Å². The molecule has 0 saturated carbocycles. The van der Waals surface area contributed by atoms with Gasteiger partial charge in [-0.05, 0) is 55.4 Å². The van der Waals surface area contributed by atoms with E-state index in [0.717, 1.165) is 28.9 Å². The minimum absolute atomic E-state index is 0.163. The van der Waals surface area contributed by atoms with E-state index in [9.17, 15) is 13.2 Å². The zero-order chi connectivity index (χ0) is 20.3. The van der Waals surface area contributed by atoms with Gasteiger partial charge >= 0.3 is 6.18 Å². The highest BCUT2D eigenvalue weighted by Crippen LogP contribution is 2.29. The summed E-state index contributed by atoms with van der Waals surface area (Å²) < 4.78 is 39.9. The molecule has 3 rings (SSSR count). The van der Waals surface area contributed by atoms with Crippen molar-refractivity contribution in [2.45, 2.75) is 26.6 Å². The topological polar surface area (TPSA) is 54.8 Å². The third-order valence-electron chi connectivity index (χ3n) is 3.99. The Bertz CT molecular complexity index is 997. The minimum atomic E-state index is -4.38. The van der Waals surface area contributed by atoms with E-state index in [2.05, 4.69) is 20.7 Å². The first-order chi connectivity index (χ1) is 13.2. The Hall–Kier alpha value is -2.94.